The number of rotatable bonds is 3. The maximum absolute atomic E-state index is 12.5. The van der Waals surface area contributed by atoms with Crippen LogP contribution in [0.15, 0.2) is 41.0 Å². The minimum absolute atomic E-state index is 0.209. The SMILES string of the molecule is Cc1occc1C(=O)O[C@@H](C)C(=O)N1CCc2ccccc21. The smallest absolute Gasteiger partial charge is 0.342 e. The van der Waals surface area contributed by atoms with Crippen LogP contribution in [0.5, 0.6) is 0 Å². The second-order valence-electron chi connectivity index (χ2n) is 5.31. The van der Waals surface area contributed by atoms with Gasteiger partial charge >= 0.3 is 5.97 Å². The third-order valence-corrected chi connectivity index (χ3v) is 3.86. The van der Waals surface area contributed by atoms with Crippen molar-refractivity contribution in [1.29, 1.82) is 0 Å². The number of esters is 1. The van der Waals surface area contributed by atoms with Gasteiger partial charge in [0.15, 0.2) is 6.10 Å². The molecule has 0 radical (unpaired) electrons. The zero-order chi connectivity index (χ0) is 15.7. The normalized spacial score (nSPS) is 14.5. The van der Waals surface area contributed by atoms with E-state index in [1.165, 1.54) is 6.26 Å². The first-order valence-corrected chi connectivity index (χ1v) is 7.22. The summed E-state index contributed by atoms with van der Waals surface area (Å²) >= 11 is 0. The van der Waals surface area contributed by atoms with E-state index in [2.05, 4.69) is 0 Å². The van der Waals surface area contributed by atoms with E-state index in [9.17, 15) is 9.59 Å². The van der Waals surface area contributed by atoms with E-state index >= 15 is 0 Å². The van der Waals surface area contributed by atoms with Crippen LogP contribution in [0.1, 0.15) is 28.6 Å². The molecule has 1 aromatic carbocycles. The number of nitrogens with zero attached hydrogens (tertiary/aromatic N) is 1. The van der Waals surface area contributed by atoms with Gasteiger partial charge in [-0.1, -0.05) is 18.2 Å². The quantitative estimate of drug-likeness (QED) is 0.818. The van der Waals surface area contributed by atoms with Gasteiger partial charge in [0.2, 0.25) is 0 Å². The predicted molar refractivity (Wildman–Crippen MR) is 80.8 cm³/mol. The molecule has 0 saturated heterocycles. The molecule has 5 nitrogen and oxygen atoms in total. The van der Waals surface area contributed by atoms with Gasteiger partial charge in [-0.25, -0.2) is 4.79 Å². The average Bonchev–Trinajstić information content (AvgIpc) is 3.12. The van der Waals surface area contributed by atoms with E-state index < -0.39 is 12.1 Å². The highest BCUT2D eigenvalue weighted by atomic mass is 16.5. The highest BCUT2D eigenvalue weighted by Crippen LogP contribution is 2.28. The zero-order valence-corrected chi connectivity index (χ0v) is 12.5. The molecular formula is C17H17NO4. The number of aryl methyl sites for hydroxylation is 1. The lowest BCUT2D eigenvalue weighted by Crippen LogP contribution is -2.39. The maximum Gasteiger partial charge on any atom is 0.342 e. The number of hydrogen-bond donors (Lipinski definition) is 0. The molecule has 0 bridgehead atoms. The Morgan fingerprint density at radius 3 is 2.77 bits per heavy atom. The number of furan rings is 1. The molecule has 0 saturated carbocycles. The summed E-state index contributed by atoms with van der Waals surface area (Å²) in [6.45, 7) is 3.89. The number of fused-ring (bicyclic) bond motifs is 1. The Morgan fingerprint density at radius 2 is 2.05 bits per heavy atom. The van der Waals surface area contributed by atoms with Crippen molar-refractivity contribution >= 4 is 17.6 Å². The number of amides is 1. The monoisotopic (exact) mass is 299 g/mol. The Balaban J connectivity index is 1.71. The molecule has 0 unspecified atom stereocenters. The third-order valence-electron chi connectivity index (χ3n) is 3.86. The second-order valence-corrected chi connectivity index (χ2v) is 5.31. The van der Waals surface area contributed by atoms with Crippen LogP contribution in [-0.2, 0) is 16.0 Å². The molecule has 1 amide bonds. The average molecular weight is 299 g/mol. The lowest BCUT2D eigenvalue weighted by molar-refractivity contribution is -0.126. The number of benzene rings is 1. The molecule has 2 aromatic rings. The summed E-state index contributed by atoms with van der Waals surface area (Å²) in [6, 6.07) is 9.32. The lowest BCUT2D eigenvalue weighted by Gasteiger charge is -2.21. The Labute approximate surface area is 128 Å². The Kier molecular flexibility index (Phi) is 3.71. The number of carbonyl (C=O) groups is 2. The van der Waals surface area contributed by atoms with Crippen LogP contribution in [0, 0.1) is 6.92 Å². The number of para-hydroxylation sites is 1. The molecule has 0 spiro atoms. The number of carbonyl (C=O) groups excluding carboxylic acids is 2. The molecule has 1 aromatic heterocycles. The fourth-order valence-corrected chi connectivity index (χ4v) is 2.66. The van der Waals surface area contributed by atoms with Gasteiger partial charge in [-0.15, -0.1) is 0 Å². The molecule has 3 rings (SSSR count). The highest BCUT2D eigenvalue weighted by Gasteiger charge is 2.30. The first-order chi connectivity index (χ1) is 10.6. The summed E-state index contributed by atoms with van der Waals surface area (Å²) in [4.78, 5) is 26.2. The molecule has 0 N–H and O–H groups in total. The molecule has 0 aliphatic carbocycles. The highest BCUT2D eigenvalue weighted by molar-refractivity contribution is 6.00. The van der Waals surface area contributed by atoms with E-state index in [0.29, 0.717) is 17.9 Å². The van der Waals surface area contributed by atoms with Gasteiger partial charge in [0, 0.05) is 12.2 Å². The third kappa shape index (κ3) is 2.50. The van der Waals surface area contributed by atoms with E-state index in [1.54, 1.807) is 24.8 Å². The minimum atomic E-state index is -0.840. The Morgan fingerprint density at radius 1 is 1.27 bits per heavy atom. The molecular weight excluding hydrogens is 282 g/mol. The van der Waals surface area contributed by atoms with E-state index in [4.69, 9.17) is 9.15 Å². The molecule has 2 heterocycles. The largest absolute Gasteiger partial charge is 0.469 e. The second kappa shape index (κ2) is 5.67. The first kappa shape index (κ1) is 14.4. The van der Waals surface area contributed by atoms with Gasteiger partial charge in [0.1, 0.15) is 11.3 Å². The van der Waals surface area contributed by atoms with E-state index in [0.717, 1.165) is 17.7 Å². The summed E-state index contributed by atoms with van der Waals surface area (Å²) in [7, 11) is 0. The lowest BCUT2D eigenvalue weighted by atomic mass is 10.2. The van der Waals surface area contributed by atoms with Crippen LogP contribution in [0.3, 0.4) is 0 Å². The van der Waals surface area contributed by atoms with Crippen molar-refractivity contribution in [2.24, 2.45) is 0 Å². The molecule has 0 fully saturated rings. The molecule has 1 atom stereocenters. The van der Waals surface area contributed by atoms with Crippen molar-refractivity contribution in [2.45, 2.75) is 26.4 Å². The summed E-state index contributed by atoms with van der Waals surface area (Å²) in [5, 5.41) is 0. The number of ether oxygens (including phenoxy) is 1. The first-order valence-electron chi connectivity index (χ1n) is 7.22. The Hall–Kier alpha value is -2.56. The number of hydrogen-bond acceptors (Lipinski definition) is 4. The number of anilines is 1. The zero-order valence-electron chi connectivity index (χ0n) is 12.5. The van der Waals surface area contributed by atoms with Crippen LogP contribution in [0.2, 0.25) is 0 Å². The van der Waals surface area contributed by atoms with Crippen molar-refractivity contribution in [2.75, 3.05) is 11.4 Å². The van der Waals surface area contributed by atoms with Crippen molar-refractivity contribution < 1.29 is 18.7 Å². The van der Waals surface area contributed by atoms with Crippen molar-refractivity contribution in [1.82, 2.24) is 0 Å². The van der Waals surface area contributed by atoms with Crippen molar-refractivity contribution in [3.63, 3.8) is 0 Å². The summed E-state index contributed by atoms with van der Waals surface area (Å²) < 4.78 is 10.4. The fourth-order valence-electron chi connectivity index (χ4n) is 2.66. The van der Waals surface area contributed by atoms with Gasteiger partial charge in [0.25, 0.3) is 5.91 Å². The van der Waals surface area contributed by atoms with Crippen LogP contribution in [-0.4, -0.2) is 24.5 Å². The summed E-state index contributed by atoms with van der Waals surface area (Å²) in [5.41, 5.74) is 2.39. The van der Waals surface area contributed by atoms with Crippen molar-refractivity contribution in [3.05, 3.63) is 53.5 Å². The minimum Gasteiger partial charge on any atom is -0.469 e. The maximum atomic E-state index is 12.5. The molecule has 1 aliphatic heterocycles. The summed E-state index contributed by atoms with van der Waals surface area (Å²) in [5.74, 6) is -0.268. The molecule has 114 valence electrons. The predicted octanol–water partition coefficient (Wildman–Crippen LogP) is 2.72. The topological polar surface area (TPSA) is 59.8 Å². The van der Waals surface area contributed by atoms with Crippen LogP contribution in [0.4, 0.5) is 5.69 Å². The van der Waals surface area contributed by atoms with Crippen molar-refractivity contribution in [3.8, 4) is 0 Å². The van der Waals surface area contributed by atoms with Crippen LogP contribution in [0.25, 0.3) is 0 Å². The van der Waals surface area contributed by atoms with Gasteiger partial charge < -0.3 is 14.1 Å². The van der Waals surface area contributed by atoms with E-state index in [-0.39, 0.29) is 5.91 Å². The van der Waals surface area contributed by atoms with Crippen LogP contribution >= 0.6 is 0 Å². The molecule has 5 heteroatoms. The van der Waals surface area contributed by atoms with Gasteiger partial charge in [-0.3, -0.25) is 4.79 Å². The molecule has 1 aliphatic rings. The van der Waals surface area contributed by atoms with Gasteiger partial charge in [-0.2, -0.15) is 0 Å². The molecule has 22 heavy (non-hydrogen) atoms. The fraction of sp³-hybridized carbons (Fsp3) is 0.294. The van der Waals surface area contributed by atoms with Gasteiger partial charge in [0.05, 0.1) is 6.26 Å². The van der Waals surface area contributed by atoms with Gasteiger partial charge in [-0.05, 0) is 38.0 Å². The Bertz CT molecular complexity index is 719. The van der Waals surface area contributed by atoms with Crippen LogP contribution < -0.4 is 4.90 Å². The standard InChI is InChI=1S/C17H17NO4/c1-11-14(8-10-21-11)17(20)22-12(2)16(19)18-9-7-13-5-3-4-6-15(13)18/h3-6,8,10,12H,7,9H2,1-2H3/t12-/m0/s1. The summed E-state index contributed by atoms with van der Waals surface area (Å²) in [6.07, 6.45) is 1.41. The van der Waals surface area contributed by atoms with E-state index in [1.807, 2.05) is 24.3 Å².